The summed E-state index contributed by atoms with van der Waals surface area (Å²) in [5.74, 6) is -0.697. The topological polar surface area (TPSA) is 140 Å². The lowest BCUT2D eigenvalue weighted by atomic mass is 9.99. The van der Waals surface area contributed by atoms with Crippen LogP contribution in [0.4, 0.5) is 0 Å². The van der Waals surface area contributed by atoms with Gasteiger partial charge in [-0.05, 0) is 31.2 Å². The molecule has 0 unspecified atom stereocenters. The van der Waals surface area contributed by atoms with Crippen molar-refractivity contribution in [2.75, 3.05) is 6.61 Å². The molecule has 162 valence electrons. The van der Waals surface area contributed by atoms with Crippen molar-refractivity contribution in [1.29, 1.82) is 0 Å². The number of rotatable bonds is 6. The fourth-order valence-corrected chi connectivity index (χ4v) is 3.99. The van der Waals surface area contributed by atoms with Gasteiger partial charge in [-0.25, -0.2) is 4.79 Å². The molecule has 2 aromatic carbocycles. The molecule has 1 heterocycles. The van der Waals surface area contributed by atoms with Gasteiger partial charge < -0.3 is 24.8 Å². The summed E-state index contributed by atoms with van der Waals surface area (Å²) in [5, 5.41) is 30.5. The van der Waals surface area contributed by atoms with E-state index in [1.807, 2.05) is 0 Å². The van der Waals surface area contributed by atoms with E-state index in [1.54, 1.807) is 37.3 Å². The number of aryl methyl sites for hydroxylation is 1. The summed E-state index contributed by atoms with van der Waals surface area (Å²) in [6.07, 6.45) is -8.46. The van der Waals surface area contributed by atoms with E-state index in [9.17, 15) is 28.5 Å². The zero-order valence-corrected chi connectivity index (χ0v) is 16.8. The van der Waals surface area contributed by atoms with Gasteiger partial charge in [0, 0.05) is 0 Å². The minimum absolute atomic E-state index is 0.180. The highest BCUT2D eigenvalue weighted by Crippen LogP contribution is 2.26. The molecule has 5 atom stereocenters. The van der Waals surface area contributed by atoms with Crippen molar-refractivity contribution < 1.29 is 42.2 Å². The van der Waals surface area contributed by atoms with E-state index in [1.165, 1.54) is 24.3 Å². The molecular formula is C20H22O9S. The highest BCUT2D eigenvalue weighted by atomic mass is 32.2. The maximum atomic E-state index is 12.5. The minimum Gasteiger partial charge on any atom is -0.459 e. The van der Waals surface area contributed by atoms with E-state index in [0.717, 1.165) is 5.56 Å². The van der Waals surface area contributed by atoms with Gasteiger partial charge in [0.05, 0.1) is 10.5 Å². The predicted octanol–water partition coefficient (Wildman–Crippen LogP) is 0.365. The first-order valence-electron chi connectivity index (χ1n) is 9.11. The standard InChI is InChI=1S/C20H22O9S/c1-12-7-9-14(10-8-12)30(25,26)29-18-16(21)15(28-20(24)17(18)22)11-27-19(23)13-5-3-2-4-6-13/h2-10,15-18,20-22,24H,11H2,1H3/t15-,16-,17+,18+,20+/m1/s1. The number of carbonyl (C=O) groups excluding carboxylic acids is 1. The molecule has 9 nitrogen and oxygen atoms in total. The van der Waals surface area contributed by atoms with Crippen LogP contribution in [-0.2, 0) is 23.8 Å². The van der Waals surface area contributed by atoms with Gasteiger partial charge in [-0.15, -0.1) is 0 Å². The summed E-state index contributed by atoms with van der Waals surface area (Å²) >= 11 is 0. The third-order valence-corrected chi connectivity index (χ3v) is 5.92. The maximum absolute atomic E-state index is 12.5. The van der Waals surface area contributed by atoms with Crippen LogP contribution in [0.5, 0.6) is 0 Å². The van der Waals surface area contributed by atoms with Crippen LogP contribution in [0.25, 0.3) is 0 Å². The summed E-state index contributed by atoms with van der Waals surface area (Å²) < 4.78 is 40.2. The molecule has 0 aliphatic carbocycles. The molecular weight excluding hydrogens is 416 g/mol. The van der Waals surface area contributed by atoms with Crippen molar-refractivity contribution in [2.45, 2.75) is 42.5 Å². The molecule has 0 spiro atoms. The lowest BCUT2D eigenvalue weighted by molar-refractivity contribution is -0.281. The Bertz CT molecular complexity index is 960. The molecule has 1 aliphatic rings. The summed E-state index contributed by atoms with van der Waals surface area (Å²) in [6.45, 7) is 1.28. The number of hydrogen-bond acceptors (Lipinski definition) is 9. The number of hydrogen-bond donors (Lipinski definition) is 3. The summed E-state index contributed by atoms with van der Waals surface area (Å²) in [7, 11) is -4.36. The number of aliphatic hydroxyl groups is 3. The van der Waals surface area contributed by atoms with Crippen molar-refractivity contribution in [1.82, 2.24) is 0 Å². The van der Waals surface area contributed by atoms with Crippen molar-refractivity contribution in [3.05, 3.63) is 65.7 Å². The number of aliphatic hydroxyl groups excluding tert-OH is 3. The molecule has 0 saturated carbocycles. The maximum Gasteiger partial charge on any atom is 0.338 e. The third kappa shape index (κ3) is 5.04. The van der Waals surface area contributed by atoms with Gasteiger partial charge in [0.15, 0.2) is 6.29 Å². The first-order chi connectivity index (χ1) is 14.2. The zero-order valence-electron chi connectivity index (χ0n) is 16.0. The van der Waals surface area contributed by atoms with Crippen LogP contribution >= 0.6 is 0 Å². The third-order valence-electron chi connectivity index (χ3n) is 4.60. The van der Waals surface area contributed by atoms with Crippen molar-refractivity contribution >= 4 is 16.1 Å². The Morgan fingerprint density at radius 1 is 1.00 bits per heavy atom. The Morgan fingerprint density at radius 3 is 2.27 bits per heavy atom. The average molecular weight is 438 g/mol. The minimum atomic E-state index is -4.36. The average Bonchev–Trinajstić information content (AvgIpc) is 2.73. The summed E-state index contributed by atoms with van der Waals surface area (Å²) in [4.78, 5) is 11.9. The van der Waals surface area contributed by atoms with Crippen molar-refractivity contribution in [3.63, 3.8) is 0 Å². The largest absolute Gasteiger partial charge is 0.459 e. The first kappa shape index (κ1) is 22.3. The molecule has 1 saturated heterocycles. The second-order valence-electron chi connectivity index (χ2n) is 6.84. The number of ether oxygens (including phenoxy) is 2. The first-order valence-corrected chi connectivity index (χ1v) is 10.5. The molecule has 0 aromatic heterocycles. The monoisotopic (exact) mass is 438 g/mol. The molecule has 0 radical (unpaired) electrons. The second kappa shape index (κ2) is 9.21. The second-order valence-corrected chi connectivity index (χ2v) is 8.41. The van der Waals surface area contributed by atoms with Crippen LogP contribution in [0.3, 0.4) is 0 Å². The van der Waals surface area contributed by atoms with Crippen LogP contribution in [0.2, 0.25) is 0 Å². The Kier molecular flexibility index (Phi) is 6.86. The van der Waals surface area contributed by atoms with Gasteiger partial charge in [0.1, 0.15) is 31.0 Å². The molecule has 3 rings (SSSR count). The van der Waals surface area contributed by atoms with Gasteiger partial charge in [-0.1, -0.05) is 35.9 Å². The van der Waals surface area contributed by atoms with Crippen LogP contribution in [0.1, 0.15) is 15.9 Å². The Balaban J connectivity index is 1.71. The van der Waals surface area contributed by atoms with E-state index >= 15 is 0 Å². The van der Waals surface area contributed by atoms with Crippen molar-refractivity contribution in [3.8, 4) is 0 Å². The highest BCUT2D eigenvalue weighted by molar-refractivity contribution is 7.86. The van der Waals surface area contributed by atoms with E-state index in [-0.39, 0.29) is 10.5 Å². The van der Waals surface area contributed by atoms with Gasteiger partial charge in [0.25, 0.3) is 10.1 Å². The van der Waals surface area contributed by atoms with Gasteiger partial charge >= 0.3 is 5.97 Å². The van der Waals surface area contributed by atoms with E-state index < -0.39 is 53.4 Å². The van der Waals surface area contributed by atoms with E-state index in [4.69, 9.17) is 13.7 Å². The SMILES string of the molecule is Cc1ccc(S(=O)(=O)O[C@@H]2[C@H](O)[C@@H](O)O[C@H](COC(=O)c3ccccc3)[C@H]2O)cc1. The molecule has 1 fully saturated rings. The van der Waals surface area contributed by atoms with Crippen molar-refractivity contribution in [2.24, 2.45) is 0 Å². The highest BCUT2D eigenvalue weighted by Gasteiger charge is 2.47. The fourth-order valence-electron chi connectivity index (χ4n) is 2.89. The normalized spacial score (nSPS) is 26.9. The lowest BCUT2D eigenvalue weighted by Crippen LogP contribution is -2.60. The summed E-state index contributed by atoms with van der Waals surface area (Å²) in [6, 6.07) is 13.8. The number of benzene rings is 2. The Labute approximate surface area is 173 Å². The molecule has 3 N–H and O–H groups in total. The van der Waals surface area contributed by atoms with Gasteiger partial charge in [-0.2, -0.15) is 8.42 Å². The molecule has 0 amide bonds. The molecule has 1 aliphatic heterocycles. The van der Waals surface area contributed by atoms with Crippen LogP contribution in [0.15, 0.2) is 59.5 Å². The quantitative estimate of drug-likeness (QED) is 0.431. The van der Waals surface area contributed by atoms with E-state index in [2.05, 4.69) is 0 Å². The Morgan fingerprint density at radius 2 is 1.63 bits per heavy atom. The predicted molar refractivity (Wildman–Crippen MR) is 103 cm³/mol. The lowest BCUT2D eigenvalue weighted by Gasteiger charge is -2.39. The smallest absolute Gasteiger partial charge is 0.338 e. The summed E-state index contributed by atoms with van der Waals surface area (Å²) in [5.41, 5.74) is 1.09. The molecule has 10 heteroatoms. The van der Waals surface area contributed by atoms with Crippen LogP contribution < -0.4 is 0 Å². The zero-order chi connectivity index (χ0) is 21.9. The molecule has 2 aromatic rings. The molecule has 0 bridgehead atoms. The van der Waals surface area contributed by atoms with Gasteiger partial charge in [-0.3, -0.25) is 4.18 Å². The Hall–Kier alpha value is -2.34. The van der Waals surface area contributed by atoms with Crippen LogP contribution in [-0.4, -0.2) is 67.0 Å². The van der Waals surface area contributed by atoms with Crippen LogP contribution in [0, 0.1) is 6.92 Å². The fraction of sp³-hybridized carbons (Fsp3) is 0.350. The number of carbonyl (C=O) groups is 1. The van der Waals surface area contributed by atoms with Gasteiger partial charge in [0.2, 0.25) is 0 Å². The number of esters is 1. The van der Waals surface area contributed by atoms with E-state index in [0.29, 0.717) is 0 Å². The molecule has 30 heavy (non-hydrogen) atoms.